The average molecular weight is 417 g/mol. The number of rotatable bonds is 4. The second-order valence-electron chi connectivity index (χ2n) is 8.13. The van der Waals surface area contributed by atoms with Crippen molar-refractivity contribution in [2.75, 3.05) is 19.6 Å². The average Bonchev–Trinajstić information content (AvgIpc) is 2.72. The molecule has 29 heavy (non-hydrogen) atoms. The molecule has 7 heteroatoms. The Morgan fingerprint density at radius 3 is 2.55 bits per heavy atom. The van der Waals surface area contributed by atoms with Gasteiger partial charge in [0.2, 0.25) is 5.91 Å². The van der Waals surface area contributed by atoms with Gasteiger partial charge in [-0.05, 0) is 29.3 Å². The zero-order valence-electron chi connectivity index (χ0n) is 17.1. The summed E-state index contributed by atoms with van der Waals surface area (Å²) in [6, 6.07) is 11.3. The Balaban J connectivity index is 0.00000300. The van der Waals surface area contributed by atoms with Crippen molar-refractivity contribution in [2.45, 2.75) is 33.4 Å². The van der Waals surface area contributed by atoms with E-state index in [4.69, 9.17) is 0 Å². The van der Waals surface area contributed by atoms with Crippen LogP contribution in [0, 0.1) is 5.41 Å². The first-order chi connectivity index (χ1) is 13.4. The molecule has 1 aliphatic heterocycles. The molecule has 0 radical (unpaired) electrons. The first-order valence-corrected chi connectivity index (χ1v) is 9.65. The first kappa shape index (κ1) is 22.8. The summed E-state index contributed by atoms with van der Waals surface area (Å²) in [6.45, 7) is 8.26. The summed E-state index contributed by atoms with van der Waals surface area (Å²) >= 11 is 0. The van der Waals surface area contributed by atoms with Crippen molar-refractivity contribution in [3.63, 3.8) is 0 Å². The lowest BCUT2D eigenvalue weighted by Gasteiger charge is -2.36. The number of hydrogen-bond donors (Lipinski definition) is 2. The van der Waals surface area contributed by atoms with Crippen LogP contribution in [0.4, 0.5) is 0 Å². The third kappa shape index (κ3) is 5.78. The van der Waals surface area contributed by atoms with E-state index in [2.05, 4.69) is 15.6 Å². The lowest BCUT2D eigenvalue weighted by atomic mass is 9.95. The maximum Gasteiger partial charge on any atom is 0.254 e. The number of aromatic nitrogens is 1. The molecule has 0 aliphatic carbocycles. The van der Waals surface area contributed by atoms with E-state index in [1.54, 1.807) is 6.20 Å². The Kier molecular flexibility index (Phi) is 7.76. The van der Waals surface area contributed by atoms with Gasteiger partial charge in [-0.25, -0.2) is 0 Å². The summed E-state index contributed by atoms with van der Waals surface area (Å²) in [5.41, 5.74) is 2.24. The molecule has 2 N–H and O–H groups in total. The number of halogens is 1. The fraction of sp³-hybridized carbons (Fsp3) is 0.409. The van der Waals surface area contributed by atoms with Crippen LogP contribution in [-0.4, -0.2) is 41.3 Å². The Hall–Kier alpha value is -2.44. The minimum Gasteiger partial charge on any atom is -0.352 e. The molecule has 3 rings (SSSR count). The van der Waals surface area contributed by atoms with Gasteiger partial charge < -0.3 is 15.5 Å². The Morgan fingerprint density at radius 2 is 1.93 bits per heavy atom. The van der Waals surface area contributed by atoms with E-state index in [1.165, 1.54) is 0 Å². The Bertz CT molecular complexity index is 819. The fourth-order valence-corrected chi connectivity index (χ4v) is 3.20. The second kappa shape index (κ2) is 9.85. The van der Waals surface area contributed by atoms with Crippen LogP contribution in [-0.2, 0) is 11.3 Å². The molecule has 1 saturated heterocycles. The van der Waals surface area contributed by atoms with Crippen LogP contribution in [0.3, 0.4) is 0 Å². The van der Waals surface area contributed by atoms with Crippen molar-refractivity contribution >= 4 is 24.2 Å². The number of nitrogens with one attached hydrogen (secondary N) is 2. The monoisotopic (exact) mass is 416 g/mol. The van der Waals surface area contributed by atoms with Crippen LogP contribution in [0.15, 0.2) is 48.8 Å². The molecule has 1 aromatic carbocycles. The molecule has 6 nitrogen and oxygen atoms in total. The maximum atomic E-state index is 13.1. The number of amides is 2. The van der Waals surface area contributed by atoms with Crippen LogP contribution >= 0.6 is 12.4 Å². The van der Waals surface area contributed by atoms with Gasteiger partial charge in [0.1, 0.15) is 0 Å². The molecule has 2 heterocycles. The number of benzene rings is 1. The molecule has 1 fully saturated rings. The van der Waals surface area contributed by atoms with E-state index >= 15 is 0 Å². The second-order valence-corrected chi connectivity index (χ2v) is 8.13. The predicted octanol–water partition coefficient (Wildman–Crippen LogP) is 2.95. The maximum absolute atomic E-state index is 13.1. The van der Waals surface area contributed by atoms with Crippen molar-refractivity contribution in [3.05, 3.63) is 65.5 Å². The fourth-order valence-electron chi connectivity index (χ4n) is 3.20. The predicted molar refractivity (Wildman–Crippen MR) is 116 cm³/mol. The van der Waals surface area contributed by atoms with Gasteiger partial charge in [-0.15, -0.1) is 12.4 Å². The summed E-state index contributed by atoms with van der Waals surface area (Å²) in [5.74, 6) is 0.0217. The number of hydrogen-bond acceptors (Lipinski definition) is 4. The standard InChI is InChI=1S/C22H28N4O2.ClH/c1-22(2,3)21(28)25-13-16-6-8-17(9-7-16)20(27)26-12-11-24-15-19(26)18-5-4-10-23-14-18;/h4-10,14,19,24H,11-13,15H2,1-3H3,(H,25,28);1H. The third-order valence-corrected chi connectivity index (χ3v) is 4.91. The van der Waals surface area contributed by atoms with Crippen molar-refractivity contribution < 1.29 is 9.59 Å². The van der Waals surface area contributed by atoms with Crippen molar-refractivity contribution in [1.82, 2.24) is 20.5 Å². The summed E-state index contributed by atoms with van der Waals surface area (Å²) < 4.78 is 0. The zero-order chi connectivity index (χ0) is 20.1. The number of carbonyl (C=O) groups excluding carboxylic acids is 2. The topological polar surface area (TPSA) is 74.3 Å². The highest BCUT2D eigenvalue weighted by atomic mass is 35.5. The van der Waals surface area contributed by atoms with Gasteiger partial charge in [0.05, 0.1) is 6.04 Å². The minimum atomic E-state index is -0.417. The first-order valence-electron chi connectivity index (χ1n) is 9.65. The van der Waals surface area contributed by atoms with Gasteiger partial charge in [-0.3, -0.25) is 14.6 Å². The minimum absolute atomic E-state index is 0. The van der Waals surface area contributed by atoms with E-state index < -0.39 is 5.41 Å². The van der Waals surface area contributed by atoms with Crippen LogP contribution in [0.5, 0.6) is 0 Å². The lowest BCUT2D eigenvalue weighted by molar-refractivity contribution is -0.128. The van der Waals surface area contributed by atoms with Gasteiger partial charge in [0, 0.05) is 49.6 Å². The number of carbonyl (C=O) groups is 2. The van der Waals surface area contributed by atoms with Crippen molar-refractivity contribution in [1.29, 1.82) is 0 Å². The SMILES string of the molecule is CC(C)(C)C(=O)NCc1ccc(C(=O)N2CCNCC2c2cccnc2)cc1.Cl. The molecule has 2 amide bonds. The molecule has 1 aliphatic rings. The quantitative estimate of drug-likeness (QED) is 0.803. The molecular weight excluding hydrogens is 388 g/mol. The van der Waals surface area contributed by atoms with E-state index in [-0.39, 0.29) is 30.3 Å². The molecule has 0 saturated carbocycles. The molecule has 0 bridgehead atoms. The lowest BCUT2D eigenvalue weighted by Crippen LogP contribution is -2.48. The van der Waals surface area contributed by atoms with E-state index in [0.717, 1.165) is 17.7 Å². The van der Waals surface area contributed by atoms with Crippen LogP contribution in [0.2, 0.25) is 0 Å². The van der Waals surface area contributed by atoms with Crippen LogP contribution < -0.4 is 10.6 Å². The summed E-state index contributed by atoms with van der Waals surface area (Å²) in [4.78, 5) is 31.2. The molecule has 1 atom stereocenters. The molecule has 0 spiro atoms. The van der Waals surface area contributed by atoms with E-state index in [0.29, 0.717) is 25.2 Å². The summed E-state index contributed by atoms with van der Waals surface area (Å²) in [6.07, 6.45) is 3.56. The number of pyridine rings is 1. The molecule has 156 valence electrons. The largest absolute Gasteiger partial charge is 0.352 e. The van der Waals surface area contributed by atoms with Crippen molar-refractivity contribution in [2.24, 2.45) is 5.41 Å². The van der Waals surface area contributed by atoms with Gasteiger partial charge >= 0.3 is 0 Å². The van der Waals surface area contributed by atoms with Gasteiger partial charge in [0.25, 0.3) is 5.91 Å². The summed E-state index contributed by atoms with van der Waals surface area (Å²) in [7, 11) is 0. The van der Waals surface area contributed by atoms with Gasteiger partial charge in [-0.2, -0.15) is 0 Å². The van der Waals surface area contributed by atoms with E-state index in [9.17, 15) is 9.59 Å². The molecule has 1 unspecified atom stereocenters. The summed E-state index contributed by atoms with van der Waals surface area (Å²) in [5, 5.41) is 6.29. The van der Waals surface area contributed by atoms with Crippen LogP contribution in [0.1, 0.15) is 48.3 Å². The van der Waals surface area contributed by atoms with Gasteiger partial charge in [-0.1, -0.05) is 39.0 Å². The molecular formula is C22H29ClN4O2. The highest BCUT2D eigenvalue weighted by Crippen LogP contribution is 2.23. The van der Waals surface area contributed by atoms with Gasteiger partial charge in [0.15, 0.2) is 0 Å². The number of nitrogens with zero attached hydrogens (tertiary/aromatic N) is 2. The third-order valence-electron chi connectivity index (χ3n) is 4.91. The Morgan fingerprint density at radius 1 is 1.21 bits per heavy atom. The normalized spacial score (nSPS) is 16.7. The Labute approximate surface area is 178 Å². The highest BCUT2D eigenvalue weighted by molar-refractivity contribution is 5.94. The molecule has 1 aromatic heterocycles. The van der Waals surface area contributed by atoms with Crippen LogP contribution in [0.25, 0.3) is 0 Å². The zero-order valence-corrected chi connectivity index (χ0v) is 18.0. The molecule has 2 aromatic rings. The van der Waals surface area contributed by atoms with E-state index in [1.807, 2.05) is 68.3 Å². The highest BCUT2D eigenvalue weighted by Gasteiger charge is 2.28. The van der Waals surface area contributed by atoms with Crippen molar-refractivity contribution in [3.8, 4) is 0 Å². The smallest absolute Gasteiger partial charge is 0.254 e. The number of piperazine rings is 1.